The number of ether oxygens (including phenoxy) is 1. The molecular formula is C22H23ClN4O2. The molecule has 1 saturated heterocycles. The van der Waals surface area contributed by atoms with Crippen LogP contribution >= 0.6 is 11.6 Å². The number of hydrazone groups is 1. The van der Waals surface area contributed by atoms with Crippen molar-refractivity contribution in [2.45, 2.75) is 38.0 Å². The molecule has 1 amide bonds. The van der Waals surface area contributed by atoms with E-state index in [1.165, 1.54) is 0 Å². The minimum Gasteiger partial charge on any atom is -0.495 e. The lowest BCUT2D eigenvalue weighted by Gasteiger charge is -2.50. The number of nitrogens with one attached hydrogen (secondary N) is 1. The maximum absolute atomic E-state index is 13.6. The summed E-state index contributed by atoms with van der Waals surface area (Å²) >= 11 is 6.09. The van der Waals surface area contributed by atoms with E-state index in [0.717, 1.165) is 42.8 Å². The first kappa shape index (κ1) is 18.3. The molecule has 2 aliphatic heterocycles. The van der Waals surface area contributed by atoms with Gasteiger partial charge in [-0.05, 0) is 49.2 Å². The van der Waals surface area contributed by atoms with E-state index in [4.69, 9.17) is 16.3 Å². The number of rotatable bonds is 3. The number of halogens is 1. The van der Waals surface area contributed by atoms with E-state index in [0.29, 0.717) is 10.8 Å². The number of hydrogen-bond donors (Lipinski definition) is 1. The van der Waals surface area contributed by atoms with Gasteiger partial charge in [0.25, 0.3) is 0 Å². The van der Waals surface area contributed by atoms with E-state index in [-0.39, 0.29) is 24.2 Å². The zero-order valence-corrected chi connectivity index (χ0v) is 17.0. The summed E-state index contributed by atoms with van der Waals surface area (Å²) in [6.45, 7) is 0. The molecular weight excluding hydrogens is 388 g/mol. The van der Waals surface area contributed by atoms with Crippen LogP contribution in [0, 0.1) is 5.92 Å². The molecule has 150 valence electrons. The number of carbonyl (C=O) groups is 1. The normalized spacial score (nSPS) is 25.8. The highest BCUT2D eigenvalue weighted by atomic mass is 35.5. The molecule has 7 heteroatoms. The molecule has 2 heterocycles. The minimum atomic E-state index is -0.371. The van der Waals surface area contributed by atoms with Crippen molar-refractivity contribution in [3.05, 3.63) is 59.1 Å². The third-order valence-corrected chi connectivity index (χ3v) is 6.38. The number of anilines is 1. The molecule has 6 nitrogen and oxygen atoms in total. The second kappa shape index (κ2) is 7.26. The zero-order valence-electron chi connectivity index (χ0n) is 16.2. The number of para-hydroxylation sites is 2. The Labute approximate surface area is 175 Å². The van der Waals surface area contributed by atoms with Crippen LogP contribution in [0.5, 0.6) is 5.75 Å². The van der Waals surface area contributed by atoms with Gasteiger partial charge in [-0.15, -0.1) is 0 Å². The van der Waals surface area contributed by atoms with Crippen LogP contribution in [-0.2, 0) is 4.79 Å². The van der Waals surface area contributed by atoms with Crippen molar-refractivity contribution in [3.8, 4) is 5.75 Å². The summed E-state index contributed by atoms with van der Waals surface area (Å²) in [6.07, 6.45) is 3.71. The fourth-order valence-corrected chi connectivity index (χ4v) is 4.92. The number of benzene rings is 2. The number of methoxy groups -OCH3 is 1. The van der Waals surface area contributed by atoms with Crippen molar-refractivity contribution < 1.29 is 9.53 Å². The smallest absolute Gasteiger partial charge is 0.235 e. The maximum atomic E-state index is 13.6. The number of carbonyl (C=O) groups excluding carboxylic acids is 1. The summed E-state index contributed by atoms with van der Waals surface area (Å²) in [4.78, 5) is 17.7. The Morgan fingerprint density at radius 2 is 1.86 bits per heavy atom. The fourth-order valence-electron chi connectivity index (χ4n) is 4.80. The first-order valence-electron chi connectivity index (χ1n) is 10.0. The van der Waals surface area contributed by atoms with Gasteiger partial charge in [-0.1, -0.05) is 36.6 Å². The Morgan fingerprint density at radius 1 is 1.10 bits per heavy atom. The summed E-state index contributed by atoms with van der Waals surface area (Å²) < 4.78 is 5.56. The first-order chi connectivity index (χ1) is 14.2. The molecule has 2 aromatic rings. The van der Waals surface area contributed by atoms with Gasteiger partial charge in [0.15, 0.2) is 5.84 Å². The van der Waals surface area contributed by atoms with E-state index >= 15 is 0 Å². The molecule has 5 rings (SSSR count). The third-order valence-electron chi connectivity index (χ3n) is 6.13. The molecule has 0 bridgehead atoms. The molecule has 29 heavy (non-hydrogen) atoms. The van der Waals surface area contributed by atoms with Crippen LogP contribution < -0.4 is 15.1 Å². The topological polar surface area (TPSA) is 57.2 Å². The van der Waals surface area contributed by atoms with Gasteiger partial charge in [-0.2, -0.15) is 5.10 Å². The van der Waals surface area contributed by atoms with E-state index in [2.05, 4.69) is 15.4 Å². The van der Waals surface area contributed by atoms with Crippen LogP contribution in [0.3, 0.4) is 0 Å². The molecule has 2 fully saturated rings. The van der Waals surface area contributed by atoms with Crippen LogP contribution in [0.1, 0.15) is 31.2 Å². The number of amidine groups is 1. The average Bonchev–Trinajstić information content (AvgIpc) is 3.20. The van der Waals surface area contributed by atoms with Crippen molar-refractivity contribution in [1.82, 2.24) is 10.3 Å². The molecule has 0 aromatic heterocycles. The molecule has 2 aromatic carbocycles. The predicted molar refractivity (Wildman–Crippen MR) is 113 cm³/mol. The Bertz CT molecular complexity index is 962. The van der Waals surface area contributed by atoms with Gasteiger partial charge in [0.05, 0.1) is 18.7 Å². The van der Waals surface area contributed by atoms with Crippen LogP contribution in [0.2, 0.25) is 5.02 Å². The van der Waals surface area contributed by atoms with Crippen LogP contribution in [0.15, 0.2) is 53.6 Å². The van der Waals surface area contributed by atoms with Gasteiger partial charge in [-0.3, -0.25) is 15.1 Å². The predicted octanol–water partition coefficient (Wildman–Crippen LogP) is 3.80. The largest absolute Gasteiger partial charge is 0.495 e. The maximum Gasteiger partial charge on any atom is 0.235 e. The number of nitrogens with zero attached hydrogens (tertiary/aromatic N) is 3. The number of amides is 1. The van der Waals surface area contributed by atoms with Gasteiger partial charge in [0.1, 0.15) is 5.75 Å². The van der Waals surface area contributed by atoms with E-state index < -0.39 is 0 Å². The number of hydrogen-bond acceptors (Lipinski definition) is 5. The monoisotopic (exact) mass is 410 g/mol. The summed E-state index contributed by atoms with van der Waals surface area (Å²) in [6, 6.07) is 15.5. The number of fused-ring (bicyclic) bond motifs is 3. The van der Waals surface area contributed by atoms with E-state index in [1.807, 2.05) is 53.4 Å². The third kappa shape index (κ3) is 2.94. The second-order valence-electron chi connectivity index (χ2n) is 7.69. The van der Waals surface area contributed by atoms with Crippen molar-refractivity contribution >= 4 is 29.0 Å². The van der Waals surface area contributed by atoms with Crippen molar-refractivity contribution in [2.75, 3.05) is 12.0 Å². The SMILES string of the molecule is COc1ccccc1N1C(=O)C2CCCCC2N2C(c3ccc(Cl)cc3)=NNC12. The quantitative estimate of drug-likeness (QED) is 0.836. The second-order valence-corrected chi connectivity index (χ2v) is 8.13. The molecule has 3 aliphatic rings. The minimum absolute atomic E-state index is 0.0534. The molecule has 1 N–H and O–H groups in total. The fraction of sp³-hybridized carbons (Fsp3) is 0.364. The molecule has 0 radical (unpaired) electrons. The van der Waals surface area contributed by atoms with E-state index in [9.17, 15) is 4.79 Å². The summed E-state index contributed by atoms with van der Waals surface area (Å²) in [5.41, 5.74) is 4.97. The first-order valence-corrected chi connectivity index (χ1v) is 10.4. The van der Waals surface area contributed by atoms with Crippen LogP contribution in [-0.4, -0.2) is 36.1 Å². The van der Waals surface area contributed by atoms with Gasteiger partial charge >= 0.3 is 0 Å². The van der Waals surface area contributed by atoms with Crippen LogP contribution in [0.4, 0.5) is 5.69 Å². The van der Waals surface area contributed by atoms with Gasteiger partial charge in [-0.25, -0.2) is 0 Å². The molecule has 3 atom stereocenters. The van der Waals surface area contributed by atoms with Crippen molar-refractivity contribution in [1.29, 1.82) is 0 Å². The average molecular weight is 411 g/mol. The summed E-state index contributed by atoms with van der Waals surface area (Å²) in [5, 5.41) is 5.34. The molecule has 1 aliphatic carbocycles. The zero-order chi connectivity index (χ0) is 20.0. The summed E-state index contributed by atoms with van der Waals surface area (Å²) in [5.74, 6) is 1.62. The van der Waals surface area contributed by atoms with Crippen molar-refractivity contribution in [2.24, 2.45) is 11.0 Å². The standard InChI is InChI=1S/C22H23ClN4O2/c1-29-19-9-5-4-8-18(19)27-21(28)16-6-2-3-7-17(16)26-20(24-25-22(26)27)14-10-12-15(23)13-11-14/h4-5,8-13,16-17,22,25H,2-3,6-7H2,1H3. The van der Waals surface area contributed by atoms with Gasteiger partial charge < -0.3 is 9.64 Å². The highest BCUT2D eigenvalue weighted by Gasteiger charge is 2.52. The Morgan fingerprint density at radius 3 is 2.66 bits per heavy atom. The molecule has 1 saturated carbocycles. The lowest BCUT2D eigenvalue weighted by atomic mass is 9.80. The highest BCUT2D eigenvalue weighted by molar-refractivity contribution is 6.30. The Balaban J connectivity index is 1.59. The molecule has 0 spiro atoms. The van der Waals surface area contributed by atoms with Gasteiger partial charge in [0.2, 0.25) is 12.2 Å². The lowest BCUT2D eigenvalue weighted by molar-refractivity contribution is -0.130. The Hall–Kier alpha value is -2.73. The van der Waals surface area contributed by atoms with Crippen LogP contribution in [0.25, 0.3) is 0 Å². The highest BCUT2D eigenvalue weighted by Crippen LogP contribution is 2.42. The van der Waals surface area contributed by atoms with Crippen molar-refractivity contribution in [3.63, 3.8) is 0 Å². The lowest BCUT2D eigenvalue weighted by Crippen LogP contribution is -2.67. The van der Waals surface area contributed by atoms with E-state index in [1.54, 1.807) is 7.11 Å². The van der Waals surface area contributed by atoms with Gasteiger partial charge in [0, 0.05) is 16.6 Å². The summed E-state index contributed by atoms with van der Waals surface area (Å²) in [7, 11) is 1.63. The molecule has 3 unspecified atom stereocenters. The Kier molecular flexibility index (Phi) is 4.59.